The van der Waals surface area contributed by atoms with E-state index in [0.717, 1.165) is 11.3 Å². The maximum atomic E-state index is 13.5. The maximum absolute atomic E-state index is 13.5. The number of non-ortho nitro benzene ring substituents is 1. The van der Waals surface area contributed by atoms with Crippen molar-refractivity contribution in [2.75, 3.05) is 4.90 Å². The highest BCUT2D eigenvalue weighted by atomic mass is 16.6. The standard InChI is InChI=1S/C21H15N3O5/c25-19(12-5-3-6-13(10-12)24(28)29)18-17-16(20(26)22-21(17)27)15-9-8-11-4-1-2-7-14(11)23(15)18/h1-10,15-18H,(H,22,26,27)/t15-,16-,17-,18+/m1/s1. The van der Waals surface area contributed by atoms with Crippen LogP contribution >= 0.6 is 0 Å². The Morgan fingerprint density at radius 1 is 1.03 bits per heavy atom. The van der Waals surface area contributed by atoms with Crippen molar-refractivity contribution in [3.63, 3.8) is 0 Å². The summed E-state index contributed by atoms with van der Waals surface area (Å²) in [5.74, 6) is -2.83. The van der Waals surface area contributed by atoms with Gasteiger partial charge in [0.2, 0.25) is 11.8 Å². The van der Waals surface area contributed by atoms with E-state index in [-0.39, 0.29) is 11.3 Å². The highest BCUT2D eigenvalue weighted by molar-refractivity contribution is 6.14. The number of nitro groups is 1. The number of rotatable bonds is 3. The number of para-hydroxylation sites is 1. The van der Waals surface area contributed by atoms with E-state index < -0.39 is 46.4 Å². The number of ketones is 1. The Labute approximate surface area is 165 Å². The predicted octanol–water partition coefficient (Wildman–Crippen LogP) is 1.95. The first kappa shape index (κ1) is 17.3. The van der Waals surface area contributed by atoms with Gasteiger partial charge in [-0.25, -0.2) is 0 Å². The van der Waals surface area contributed by atoms with Crippen LogP contribution in [0.5, 0.6) is 0 Å². The quantitative estimate of drug-likeness (QED) is 0.372. The van der Waals surface area contributed by atoms with E-state index in [1.165, 1.54) is 24.3 Å². The Morgan fingerprint density at radius 2 is 1.79 bits per heavy atom. The van der Waals surface area contributed by atoms with Crippen LogP contribution in [0.25, 0.3) is 6.08 Å². The van der Waals surface area contributed by atoms with Gasteiger partial charge in [0.25, 0.3) is 5.69 Å². The smallest absolute Gasteiger partial charge is 0.270 e. The number of carbonyl (C=O) groups is 3. The number of hydrogen-bond acceptors (Lipinski definition) is 6. The van der Waals surface area contributed by atoms with E-state index in [2.05, 4.69) is 5.32 Å². The fraction of sp³-hybridized carbons (Fsp3) is 0.190. The average molecular weight is 389 g/mol. The zero-order valence-electron chi connectivity index (χ0n) is 15.0. The topological polar surface area (TPSA) is 110 Å². The molecule has 3 heterocycles. The van der Waals surface area contributed by atoms with Crippen LogP contribution in [-0.4, -0.2) is 34.6 Å². The number of imide groups is 1. The van der Waals surface area contributed by atoms with Crippen molar-refractivity contribution in [1.29, 1.82) is 0 Å². The van der Waals surface area contributed by atoms with Crippen LogP contribution in [-0.2, 0) is 9.59 Å². The third kappa shape index (κ3) is 2.42. The second kappa shape index (κ2) is 6.10. The van der Waals surface area contributed by atoms with Gasteiger partial charge in [-0.15, -0.1) is 0 Å². The summed E-state index contributed by atoms with van der Waals surface area (Å²) in [6.07, 6.45) is 3.74. The fourth-order valence-electron chi connectivity index (χ4n) is 4.67. The van der Waals surface area contributed by atoms with Crippen molar-refractivity contribution in [3.05, 3.63) is 75.8 Å². The van der Waals surface area contributed by atoms with Crippen LogP contribution in [0, 0.1) is 22.0 Å². The zero-order valence-corrected chi connectivity index (χ0v) is 15.0. The molecule has 4 atom stereocenters. The van der Waals surface area contributed by atoms with E-state index in [4.69, 9.17) is 0 Å². The van der Waals surface area contributed by atoms with Crippen LogP contribution in [0.15, 0.2) is 54.6 Å². The van der Waals surface area contributed by atoms with Gasteiger partial charge >= 0.3 is 0 Å². The maximum Gasteiger partial charge on any atom is 0.270 e. The molecule has 29 heavy (non-hydrogen) atoms. The molecule has 0 saturated carbocycles. The summed E-state index contributed by atoms with van der Waals surface area (Å²) >= 11 is 0. The summed E-state index contributed by atoms with van der Waals surface area (Å²) in [6.45, 7) is 0. The SMILES string of the molecule is O=C1NC(=O)[C@H]2[C@@H]1[C@@H](C(=O)c1cccc([N+](=O)[O-])c1)N1c3ccccc3C=C[C@H]21. The molecule has 2 aromatic carbocycles. The largest absolute Gasteiger partial charge is 0.352 e. The predicted molar refractivity (Wildman–Crippen MR) is 103 cm³/mol. The molecule has 8 nitrogen and oxygen atoms in total. The van der Waals surface area contributed by atoms with Gasteiger partial charge in [0.05, 0.1) is 22.8 Å². The van der Waals surface area contributed by atoms with E-state index in [0.29, 0.717) is 0 Å². The highest BCUT2D eigenvalue weighted by Gasteiger charge is 2.61. The number of nitrogens with one attached hydrogen (secondary N) is 1. The van der Waals surface area contributed by atoms with Gasteiger partial charge in [-0.3, -0.25) is 29.8 Å². The first-order chi connectivity index (χ1) is 14.0. The van der Waals surface area contributed by atoms with Crippen molar-refractivity contribution >= 4 is 35.0 Å². The highest BCUT2D eigenvalue weighted by Crippen LogP contribution is 2.47. The number of Topliss-reactive ketones (excluding diaryl/α,β-unsaturated/α-hetero) is 1. The third-order valence-electron chi connectivity index (χ3n) is 5.87. The first-order valence-corrected chi connectivity index (χ1v) is 9.16. The molecule has 3 aliphatic rings. The molecule has 2 fully saturated rings. The van der Waals surface area contributed by atoms with Gasteiger partial charge in [-0.2, -0.15) is 0 Å². The Morgan fingerprint density at radius 3 is 2.59 bits per heavy atom. The normalized spacial score (nSPS) is 26.6. The molecule has 8 heteroatoms. The fourth-order valence-corrected chi connectivity index (χ4v) is 4.67. The van der Waals surface area contributed by atoms with Crippen molar-refractivity contribution in [1.82, 2.24) is 5.32 Å². The molecule has 2 saturated heterocycles. The molecule has 0 radical (unpaired) electrons. The summed E-state index contributed by atoms with van der Waals surface area (Å²) < 4.78 is 0. The van der Waals surface area contributed by atoms with Crippen LogP contribution < -0.4 is 10.2 Å². The minimum absolute atomic E-state index is 0.141. The lowest BCUT2D eigenvalue weighted by molar-refractivity contribution is -0.384. The number of amides is 2. The number of carbonyl (C=O) groups excluding carboxylic acids is 3. The molecule has 0 aromatic heterocycles. The van der Waals surface area contributed by atoms with Crippen molar-refractivity contribution in [2.45, 2.75) is 12.1 Å². The number of hydrogen-bond donors (Lipinski definition) is 1. The van der Waals surface area contributed by atoms with Crippen molar-refractivity contribution < 1.29 is 19.3 Å². The average Bonchev–Trinajstić information content (AvgIpc) is 3.23. The number of anilines is 1. The summed E-state index contributed by atoms with van der Waals surface area (Å²) in [7, 11) is 0. The van der Waals surface area contributed by atoms with E-state index in [1.54, 1.807) is 0 Å². The molecule has 2 amide bonds. The Balaban J connectivity index is 1.65. The van der Waals surface area contributed by atoms with Gasteiger partial charge in [0, 0.05) is 23.4 Å². The van der Waals surface area contributed by atoms with Gasteiger partial charge in [-0.05, 0) is 11.6 Å². The molecular formula is C21H15N3O5. The minimum Gasteiger partial charge on any atom is -0.352 e. The van der Waals surface area contributed by atoms with Gasteiger partial charge in [0.1, 0.15) is 6.04 Å². The van der Waals surface area contributed by atoms with E-state index in [1.807, 2.05) is 41.3 Å². The number of nitro benzene ring substituents is 1. The van der Waals surface area contributed by atoms with Crippen LogP contribution in [0.3, 0.4) is 0 Å². The molecule has 5 rings (SSSR count). The molecule has 0 bridgehead atoms. The van der Waals surface area contributed by atoms with E-state index in [9.17, 15) is 24.5 Å². The summed E-state index contributed by atoms with van der Waals surface area (Å²) in [6, 6.07) is 11.5. The molecule has 0 unspecified atom stereocenters. The van der Waals surface area contributed by atoms with Crippen LogP contribution in [0.2, 0.25) is 0 Å². The Hall–Kier alpha value is -3.81. The zero-order chi connectivity index (χ0) is 20.3. The minimum atomic E-state index is -0.926. The summed E-state index contributed by atoms with van der Waals surface area (Å²) in [4.78, 5) is 51.0. The molecule has 1 N–H and O–H groups in total. The lowest BCUT2D eigenvalue weighted by Crippen LogP contribution is -2.47. The van der Waals surface area contributed by atoms with Crippen LogP contribution in [0.1, 0.15) is 15.9 Å². The van der Waals surface area contributed by atoms with Crippen molar-refractivity contribution in [2.24, 2.45) is 11.8 Å². The summed E-state index contributed by atoms with van der Waals surface area (Å²) in [5, 5.41) is 13.5. The lowest BCUT2D eigenvalue weighted by Gasteiger charge is -2.35. The molecule has 2 aromatic rings. The monoisotopic (exact) mass is 389 g/mol. The van der Waals surface area contributed by atoms with Crippen LogP contribution in [0.4, 0.5) is 11.4 Å². The third-order valence-corrected chi connectivity index (χ3v) is 5.87. The number of fused-ring (bicyclic) bond motifs is 5. The molecule has 144 valence electrons. The van der Waals surface area contributed by atoms with Gasteiger partial charge in [-0.1, -0.05) is 42.5 Å². The van der Waals surface area contributed by atoms with Crippen molar-refractivity contribution in [3.8, 4) is 0 Å². The van der Waals surface area contributed by atoms with Gasteiger partial charge < -0.3 is 4.90 Å². The van der Waals surface area contributed by atoms with E-state index >= 15 is 0 Å². The summed E-state index contributed by atoms with van der Waals surface area (Å²) in [5.41, 5.74) is 1.59. The second-order valence-corrected chi connectivity index (χ2v) is 7.34. The molecular weight excluding hydrogens is 374 g/mol. The number of nitrogens with zero attached hydrogens (tertiary/aromatic N) is 2. The first-order valence-electron chi connectivity index (χ1n) is 9.16. The number of benzene rings is 2. The molecule has 3 aliphatic heterocycles. The Kier molecular flexibility index (Phi) is 3.64. The Bertz CT molecular complexity index is 1120. The second-order valence-electron chi connectivity index (χ2n) is 7.34. The lowest BCUT2D eigenvalue weighted by atomic mass is 9.86. The molecule has 0 spiro atoms. The van der Waals surface area contributed by atoms with Gasteiger partial charge in [0.15, 0.2) is 5.78 Å². The molecule has 0 aliphatic carbocycles.